The van der Waals surface area contributed by atoms with E-state index in [9.17, 15) is 0 Å². The van der Waals surface area contributed by atoms with E-state index in [0.29, 0.717) is 0 Å². The largest absolute Gasteiger partial charge is 0.380 e. The van der Waals surface area contributed by atoms with Gasteiger partial charge in [-0.2, -0.15) is 0 Å². The highest BCUT2D eigenvalue weighted by Gasteiger charge is 2.15. The van der Waals surface area contributed by atoms with Crippen molar-refractivity contribution in [3.8, 4) is 0 Å². The van der Waals surface area contributed by atoms with Gasteiger partial charge in [0.15, 0.2) is 0 Å². The summed E-state index contributed by atoms with van der Waals surface area (Å²) in [6.07, 6.45) is 3.37. The lowest BCUT2D eigenvalue weighted by molar-refractivity contribution is 0.209. The van der Waals surface area contributed by atoms with E-state index in [-0.39, 0.29) is 6.04 Å². The summed E-state index contributed by atoms with van der Waals surface area (Å²) in [6.45, 7) is 3.80. The van der Waals surface area contributed by atoms with Gasteiger partial charge < -0.3 is 10.5 Å². The zero-order chi connectivity index (χ0) is 12.1. The topological polar surface area (TPSA) is 38.5 Å². The Morgan fingerprint density at radius 1 is 1.59 bits per heavy atom. The summed E-state index contributed by atoms with van der Waals surface area (Å²) in [5.41, 5.74) is 7.60. The quantitative estimate of drug-likeness (QED) is 0.815. The standard InChI is InChI=1S/C13H20N2OS/c1-16-10-11-4-6-15(7-5-11)9-12(14)13-3-2-8-17-13/h2-4,8,12H,5-7,9-10,14H2,1H3. The average molecular weight is 252 g/mol. The third-order valence-electron chi connectivity index (χ3n) is 3.08. The maximum absolute atomic E-state index is 6.19. The van der Waals surface area contributed by atoms with E-state index >= 15 is 0 Å². The molecule has 1 atom stereocenters. The first-order chi connectivity index (χ1) is 8.29. The van der Waals surface area contributed by atoms with Gasteiger partial charge in [-0.05, 0) is 23.4 Å². The minimum Gasteiger partial charge on any atom is -0.380 e. The molecule has 17 heavy (non-hydrogen) atoms. The van der Waals surface area contributed by atoms with Gasteiger partial charge in [0.1, 0.15) is 0 Å². The molecule has 0 saturated carbocycles. The highest BCUT2D eigenvalue weighted by molar-refractivity contribution is 7.10. The zero-order valence-corrected chi connectivity index (χ0v) is 11.1. The number of hydrogen-bond donors (Lipinski definition) is 1. The maximum atomic E-state index is 6.19. The maximum Gasteiger partial charge on any atom is 0.0673 e. The van der Waals surface area contributed by atoms with Crippen molar-refractivity contribution in [1.82, 2.24) is 4.90 Å². The molecule has 0 fully saturated rings. The van der Waals surface area contributed by atoms with E-state index in [1.165, 1.54) is 10.5 Å². The Balaban J connectivity index is 1.82. The molecule has 0 bridgehead atoms. The number of nitrogens with two attached hydrogens (primary N) is 1. The second kappa shape index (κ2) is 6.31. The number of rotatable bonds is 5. The van der Waals surface area contributed by atoms with Crippen LogP contribution in [0.2, 0.25) is 0 Å². The predicted octanol–water partition coefficient (Wildman–Crippen LogP) is 2.03. The predicted molar refractivity (Wildman–Crippen MR) is 72.3 cm³/mol. The van der Waals surface area contributed by atoms with Gasteiger partial charge >= 0.3 is 0 Å². The van der Waals surface area contributed by atoms with Gasteiger partial charge in [0, 0.05) is 31.6 Å². The van der Waals surface area contributed by atoms with Crippen molar-refractivity contribution in [2.75, 3.05) is 33.4 Å². The fraction of sp³-hybridized carbons (Fsp3) is 0.538. The van der Waals surface area contributed by atoms with Crippen LogP contribution in [0.4, 0.5) is 0 Å². The molecule has 0 aromatic carbocycles. The Kier molecular flexibility index (Phi) is 4.74. The highest BCUT2D eigenvalue weighted by Crippen LogP contribution is 2.19. The zero-order valence-electron chi connectivity index (χ0n) is 10.3. The van der Waals surface area contributed by atoms with Gasteiger partial charge in [-0.15, -0.1) is 11.3 Å². The monoisotopic (exact) mass is 252 g/mol. The SMILES string of the molecule is COCC1=CCN(CC(N)c2cccs2)CC1. The highest BCUT2D eigenvalue weighted by atomic mass is 32.1. The lowest BCUT2D eigenvalue weighted by Gasteiger charge is -2.28. The van der Waals surface area contributed by atoms with Crippen LogP contribution >= 0.6 is 11.3 Å². The molecule has 0 amide bonds. The van der Waals surface area contributed by atoms with Gasteiger partial charge in [-0.3, -0.25) is 4.90 Å². The average Bonchev–Trinajstić information content (AvgIpc) is 2.86. The molecule has 0 radical (unpaired) electrons. The molecular formula is C13H20N2OS. The molecule has 3 nitrogen and oxygen atoms in total. The minimum absolute atomic E-state index is 0.146. The van der Waals surface area contributed by atoms with Crippen LogP contribution in [0.25, 0.3) is 0 Å². The molecule has 1 aliphatic heterocycles. The van der Waals surface area contributed by atoms with Gasteiger partial charge in [-0.25, -0.2) is 0 Å². The van der Waals surface area contributed by atoms with Gasteiger partial charge in [0.2, 0.25) is 0 Å². The number of thiophene rings is 1. The van der Waals surface area contributed by atoms with Crippen molar-refractivity contribution in [3.05, 3.63) is 34.0 Å². The van der Waals surface area contributed by atoms with Crippen LogP contribution in [0.1, 0.15) is 17.3 Å². The van der Waals surface area contributed by atoms with E-state index < -0.39 is 0 Å². The molecule has 2 N–H and O–H groups in total. The Labute approximate surface area is 107 Å². The number of ether oxygens (including phenoxy) is 1. The van der Waals surface area contributed by atoms with E-state index in [1.54, 1.807) is 18.4 Å². The van der Waals surface area contributed by atoms with Crippen LogP contribution in [-0.4, -0.2) is 38.3 Å². The summed E-state index contributed by atoms with van der Waals surface area (Å²) in [5, 5.41) is 2.09. The van der Waals surface area contributed by atoms with E-state index in [2.05, 4.69) is 28.5 Å². The van der Waals surface area contributed by atoms with Crippen molar-refractivity contribution in [1.29, 1.82) is 0 Å². The Morgan fingerprint density at radius 3 is 3.06 bits per heavy atom. The van der Waals surface area contributed by atoms with Gasteiger partial charge in [-0.1, -0.05) is 12.1 Å². The Hall–Kier alpha value is -0.680. The molecule has 0 aliphatic carbocycles. The van der Waals surface area contributed by atoms with Crippen molar-refractivity contribution in [3.63, 3.8) is 0 Å². The van der Waals surface area contributed by atoms with Crippen LogP contribution in [-0.2, 0) is 4.74 Å². The smallest absolute Gasteiger partial charge is 0.0673 e. The minimum atomic E-state index is 0.146. The number of methoxy groups -OCH3 is 1. The van der Waals surface area contributed by atoms with Crippen LogP contribution in [0.15, 0.2) is 29.2 Å². The normalized spacial score (nSPS) is 19.1. The summed E-state index contributed by atoms with van der Waals surface area (Å²) >= 11 is 1.74. The van der Waals surface area contributed by atoms with Gasteiger partial charge in [0.25, 0.3) is 0 Å². The van der Waals surface area contributed by atoms with Crippen LogP contribution < -0.4 is 5.73 Å². The molecule has 2 rings (SSSR count). The first-order valence-corrected chi connectivity index (χ1v) is 6.85. The van der Waals surface area contributed by atoms with Crippen molar-refractivity contribution < 1.29 is 4.74 Å². The van der Waals surface area contributed by atoms with E-state index in [0.717, 1.165) is 32.7 Å². The molecule has 94 valence electrons. The first kappa shape index (κ1) is 12.8. The first-order valence-electron chi connectivity index (χ1n) is 5.98. The number of nitrogens with zero attached hydrogens (tertiary/aromatic N) is 1. The lowest BCUT2D eigenvalue weighted by atomic mass is 10.1. The second-order valence-electron chi connectivity index (χ2n) is 4.43. The molecule has 1 aromatic heterocycles. The summed E-state index contributed by atoms with van der Waals surface area (Å²) in [6, 6.07) is 4.32. The Morgan fingerprint density at radius 2 is 2.47 bits per heavy atom. The molecular weight excluding hydrogens is 232 g/mol. The molecule has 1 aromatic rings. The second-order valence-corrected chi connectivity index (χ2v) is 5.41. The Bertz CT molecular complexity index is 362. The summed E-state index contributed by atoms with van der Waals surface area (Å²) in [5.74, 6) is 0. The molecule has 4 heteroatoms. The fourth-order valence-corrected chi connectivity index (χ4v) is 2.83. The molecule has 0 spiro atoms. The fourth-order valence-electron chi connectivity index (χ4n) is 2.11. The third kappa shape index (κ3) is 3.64. The van der Waals surface area contributed by atoms with Crippen LogP contribution in [0.5, 0.6) is 0 Å². The van der Waals surface area contributed by atoms with E-state index in [1.807, 2.05) is 0 Å². The van der Waals surface area contributed by atoms with Crippen molar-refractivity contribution in [2.45, 2.75) is 12.5 Å². The van der Waals surface area contributed by atoms with Crippen LogP contribution in [0, 0.1) is 0 Å². The van der Waals surface area contributed by atoms with Crippen LogP contribution in [0.3, 0.4) is 0 Å². The van der Waals surface area contributed by atoms with Gasteiger partial charge in [0.05, 0.1) is 12.6 Å². The molecule has 2 heterocycles. The summed E-state index contributed by atoms with van der Waals surface area (Å²) in [7, 11) is 1.75. The summed E-state index contributed by atoms with van der Waals surface area (Å²) in [4.78, 5) is 3.68. The molecule has 0 saturated heterocycles. The van der Waals surface area contributed by atoms with Crippen molar-refractivity contribution in [2.24, 2.45) is 5.73 Å². The third-order valence-corrected chi connectivity index (χ3v) is 4.08. The molecule has 1 unspecified atom stereocenters. The molecule has 1 aliphatic rings. The van der Waals surface area contributed by atoms with Crippen molar-refractivity contribution >= 4 is 11.3 Å². The van der Waals surface area contributed by atoms with E-state index in [4.69, 9.17) is 10.5 Å². The lowest BCUT2D eigenvalue weighted by Crippen LogP contribution is -2.35. The number of hydrogen-bond acceptors (Lipinski definition) is 4. The summed E-state index contributed by atoms with van der Waals surface area (Å²) < 4.78 is 5.15.